The average molecular weight is 337 g/mol. The van der Waals surface area contributed by atoms with Crippen LogP contribution in [0.3, 0.4) is 0 Å². The Kier molecular flexibility index (Phi) is 6.80. The minimum absolute atomic E-state index is 0.125. The topological polar surface area (TPSA) is 46.2 Å². The Morgan fingerprint density at radius 3 is 2.25 bits per heavy atom. The van der Waals surface area contributed by atoms with E-state index in [0.717, 1.165) is 6.42 Å². The van der Waals surface area contributed by atoms with Gasteiger partial charge in [0.2, 0.25) is 0 Å². The Hall–Kier alpha value is -0.770. The van der Waals surface area contributed by atoms with Crippen molar-refractivity contribution in [1.82, 2.24) is 5.32 Å². The second kappa shape index (κ2) is 7.87. The fraction of sp³-hybridized carbons (Fsp3) is 0.429. The zero-order valence-electron chi connectivity index (χ0n) is 11.3. The summed E-state index contributed by atoms with van der Waals surface area (Å²) in [5.41, 5.74) is 1.04. The van der Waals surface area contributed by atoms with Gasteiger partial charge in [0.1, 0.15) is 0 Å². The molecule has 0 spiro atoms. The number of hydrogen-bond acceptors (Lipinski definition) is 2. The number of ketones is 1. The molecule has 0 saturated carbocycles. The number of amides is 1. The van der Waals surface area contributed by atoms with Crippen molar-refractivity contribution in [3.05, 3.63) is 33.3 Å². The molecule has 1 N–H and O–H groups in total. The predicted molar refractivity (Wildman–Crippen MR) is 83.1 cm³/mol. The minimum Gasteiger partial charge on any atom is -0.342 e. The lowest BCUT2D eigenvalue weighted by molar-refractivity contribution is -0.118. The maximum atomic E-state index is 12.1. The van der Waals surface area contributed by atoms with Gasteiger partial charge in [-0.1, -0.05) is 36.5 Å². The van der Waals surface area contributed by atoms with Crippen molar-refractivity contribution < 1.29 is 9.59 Å². The molecule has 3 nitrogen and oxygen atoms in total. The van der Waals surface area contributed by atoms with Crippen LogP contribution in [0.4, 0.5) is 0 Å². The van der Waals surface area contributed by atoms with E-state index in [2.05, 4.69) is 5.32 Å². The van der Waals surface area contributed by atoms with E-state index in [-0.39, 0.29) is 17.6 Å². The molecule has 1 amide bonds. The van der Waals surface area contributed by atoms with E-state index in [1.165, 1.54) is 12.1 Å². The molecule has 0 radical (unpaired) electrons. The highest BCUT2D eigenvalue weighted by Crippen LogP contribution is 2.25. The summed E-state index contributed by atoms with van der Waals surface area (Å²) in [6, 6.07) is 2.49. The summed E-state index contributed by atoms with van der Waals surface area (Å²) in [5.74, 6) is -0.711. The second-order valence-corrected chi connectivity index (χ2v) is 5.56. The quantitative estimate of drug-likeness (QED) is 0.798. The molecule has 0 aromatic heterocycles. The van der Waals surface area contributed by atoms with Crippen molar-refractivity contribution in [3.8, 4) is 0 Å². The van der Waals surface area contributed by atoms with Crippen LogP contribution in [0.15, 0.2) is 12.1 Å². The van der Waals surface area contributed by atoms with Crippen LogP contribution in [0.1, 0.15) is 35.7 Å². The van der Waals surface area contributed by atoms with Crippen LogP contribution in [0, 0.1) is 6.92 Å². The predicted octanol–water partition coefficient (Wildman–Crippen LogP) is 4.01. The van der Waals surface area contributed by atoms with Gasteiger partial charge in [-0.25, -0.2) is 0 Å². The molecule has 1 aromatic rings. The summed E-state index contributed by atoms with van der Waals surface area (Å²) in [7, 11) is 0. The Morgan fingerprint density at radius 2 is 1.80 bits per heavy atom. The first-order valence-electron chi connectivity index (χ1n) is 6.25. The fourth-order valence-corrected chi connectivity index (χ4v) is 2.39. The van der Waals surface area contributed by atoms with Crippen LogP contribution in [0.25, 0.3) is 0 Å². The first-order valence-corrected chi connectivity index (χ1v) is 7.54. The highest BCUT2D eigenvalue weighted by atomic mass is 35.5. The van der Waals surface area contributed by atoms with Gasteiger partial charge in [-0.2, -0.15) is 0 Å². The van der Waals surface area contributed by atoms with Crippen molar-refractivity contribution in [2.75, 3.05) is 5.88 Å². The number of rotatable bonds is 6. The molecule has 0 unspecified atom stereocenters. The fourth-order valence-electron chi connectivity index (χ4n) is 1.71. The molecule has 1 aromatic carbocycles. The molecule has 0 aliphatic carbocycles. The largest absolute Gasteiger partial charge is 0.342 e. The molecule has 0 saturated heterocycles. The first kappa shape index (κ1) is 17.3. The number of halogens is 3. The first-order chi connectivity index (χ1) is 9.40. The Morgan fingerprint density at radius 1 is 1.25 bits per heavy atom. The summed E-state index contributed by atoms with van der Waals surface area (Å²) >= 11 is 17.5. The summed E-state index contributed by atoms with van der Waals surface area (Å²) in [6.45, 7) is 3.70. The van der Waals surface area contributed by atoms with Crippen molar-refractivity contribution in [2.24, 2.45) is 0 Å². The molecule has 0 aliphatic heterocycles. The SMILES string of the molecule is CCC[C@H](NC(=O)c1cc(Cl)c(C)c(Cl)c1)C(=O)CCl. The van der Waals surface area contributed by atoms with Gasteiger partial charge < -0.3 is 5.32 Å². The molecular weight excluding hydrogens is 321 g/mol. The molecule has 0 fully saturated rings. The minimum atomic E-state index is -0.580. The summed E-state index contributed by atoms with van der Waals surface area (Å²) in [4.78, 5) is 23.8. The van der Waals surface area contributed by atoms with Crippen LogP contribution in [-0.4, -0.2) is 23.6 Å². The lowest BCUT2D eigenvalue weighted by atomic mass is 10.1. The van der Waals surface area contributed by atoms with Crippen molar-refractivity contribution in [1.29, 1.82) is 0 Å². The summed E-state index contributed by atoms with van der Waals surface area (Å²) < 4.78 is 0. The third kappa shape index (κ3) is 4.37. The Bertz CT molecular complexity index is 494. The molecule has 20 heavy (non-hydrogen) atoms. The number of hydrogen-bond donors (Lipinski definition) is 1. The van der Waals surface area contributed by atoms with E-state index in [1.807, 2.05) is 6.92 Å². The molecule has 1 atom stereocenters. The molecule has 0 bridgehead atoms. The number of Topliss-reactive ketones (excluding diaryl/α,β-unsaturated/α-hetero) is 1. The molecule has 0 aliphatic rings. The monoisotopic (exact) mass is 335 g/mol. The van der Waals surface area contributed by atoms with E-state index in [0.29, 0.717) is 27.6 Å². The van der Waals surface area contributed by atoms with Crippen LogP contribution in [0.5, 0.6) is 0 Å². The lowest BCUT2D eigenvalue weighted by Gasteiger charge is -2.16. The van der Waals surface area contributed by atoms with Crippen LogP contribution in [0.2, 0.25) is 10.0 Å². The van der Waals surface area contributed by atoms with Gasteiger partial charge in [0.15, 0.2) is 5.78 Å². The van der Waals surface area contributed by atoms with Crippen molar-refractivity contribution in [2.45, 2.75) is 32.7 Å². The van der Waals surface area contributed by atoms with Crippen LogP contribution >= 0.6 is 34.8 Å². The molecule has 110 valence electrons. The number of nitrogens with one attached hydrogen (secondary N) is 1. The van der Waals surface area contributed by atoms with Gasteiger partial charge in [-0.3, -0.25) is 9.59 Å². The molecule has 0 heterocycles. The molecule has 1 rings (SSSR count). The number of alkyl halides is 1. The highest BCUT2D eigenvalue weighted by Gasteiger charge is 2.20. The Balaban J connectivity index is 2.91. The van der Waals surface area contributed by atoms with Gasteiger partial charge in [0.25, 0.3) is 5.91 Å². The van der Waals surface area contributed by atoms with Crippen LogP contribution < -0.4 is 5.32 Å². The normalized spacial score (nSPS) is 12.1. The second-order valence-electron chi connectivity index (χ2n) is 4.48. The van der Waals surface area contributed by atoms with E-state index in [4.69, 9.17) is 34.8 Å². The standard InChI is InChI=1S/C14H16Cl3NO2/c1-3-4-12(13(19)7-15)18-14(20)9-5-10(16)8(2)11(17)6-9/h5-6,12H,3-4,7H2,1-2H3,(H,18,20)/t12-/m0/s1. The van der Waals surface area contributed by atoms with Gasteiger partial charge in [-0.05, 0) is 31.0 Å². The van der Waals surface area contributed by atoms with Crippen molar-refractivity contribution in [3.63, 3.8) is 0 Å². The van der Waals surface area contributed by atoms with Gasteiger partial charge >= 0.3 is 0 Å². The third-order valence-corrected chi connectivity index (χ3v) is 3.99. The lowest BCUT2D eigenvalue weighted by Crippen LogP contribution is -2.41. The number of carbonyl (C=O) groups is 2. The maximum Gasteiger partial charge on any atom is 0.251 e. The van der Waals surface area contributed by atoms with Gasteiger partial charge in [0, 0.05) is 15.6 Å². The van der Waals surface area contributed by atoms with E-state index in [1.54, 1.807) is 6.92 Å². The smallest absolute Gasteiger partial charge is 0.251 e. The average Bonchev–Trinajstić information content (AvgIpc) is 2.42. The maximum absolute atomic E-state index is 12.1. The van der Waals surface area contributed by atoms with E-state index >= 15 is 0 Å². The third-order valence-electron chi connectivity index (χ3n) is 2.95. The zero-order chi connectivity index (χ0) is 15.3. The highest BCUT2D eigenvalue weighted by molar-refractivity contribution is 6.36. The summed E-state index contributed by atoms with van der Waals surface area (Å²) in [6.07, 6.45) is 1.31. The summed E-state index contributed by atoms with van der Waals surface area (Å²) in [5, 5.41) is 3.50. The van der Waals surface area contributed by atoms with Crippen molar-refractivity contribution >= 4 is 46.5 Å². The van der Waals surface area contributed by atoms with E-state index < -0.39 is 6.04 Å². The number of carbonyl (C=O) groups excluding carboxylic acids is 2. The number of benzene rings is 1. The zero-order valence-corrected chi connectivity index (χ0v) is 13.6. The van der Waals surface area contributed by atoms with Gasteiger partial charge in [-0.15, -0.1) is 11.6 Å². The van der Waals surface area contributed by atoms with E-state index in [9.17, 15) is 9.59 Å². The van der Waals surface area contributed by atoms with Crippen LogP contribution in [-0.2, 0) is 4.79 Å². The molecule has 6 heteroatoms. The van der Waals surface area contributed by atoms with Gasteiger partial charge in [0.05, 0.1) is 11.9 Å². The molecular formula is C14H16Cl3NO2. The Labute approximate surface area is 133 Å².